The lowest BCUT2D eigenvalue weighted by atomic mass is 9.93. The Morgan fingerprint density at radius 2 is 1.76 bits per heavy atom. The molecule has 0 saturated carbocycles. The second-order valence-corrected chi connectivity index (χ2v) is 9.52. The Bertz CT molecular complexity index is 1530. The monoisotopic (exact) mass is 569 g/mol. The van der Waals surface area contributed by atoms with Crippen molar-refractivity contribution in [3.8, 4) is 28.6 Å². The van der Waals surface area contributed by atoms with Crippen LogP contribution in [0.5, 0.6) is 17.2 Å². The maximum atomic E-state index is 12.8. The molecule has 0 bridgehead atoms. The number of amides is 1. The van der Waals surface area contributed by atoms with Crippen molar-refractivity contribution in [3.63, 3.8) is 0 Å². The Morgan fingerprint density at radius 3 is 2.47 bits per heavy atom. The van der Waals surface area contributed by atoms with Crippen LogP contribution < -0.4 is 14.8 Å². The molecule has 0 aliphatic carbocycles. The van der Waals surface area contributed by atoms with Gasteiger partial charge in [0.25, 0.3) is 5.91 Å². The molecule has 1 aliphatic heterocycles. The summed E-state index contributed by atoms with van der Waals surface area (Å²) in [7, 11) is 0. The molecular formula is C27H18Cl3N3O5. The van der Waals surface area contributed by atoms with E-state index in [1.165, 1.54) is 6.07 Å². The van der Waals surface area contributed by atoms with E-state index in [0.717, 1.165) is 5.56 Å². The van der Waals surface area contributed by atoms with Gasteiger partial charge in [-0.3, -0.25) is 9.59 Å². The summed E-state index contributed by atoms with van der Waals surface area (Å²) >= 11 is 18.8. The van der Waals surface area contributed by atoms with Gasteiger partial charge in [0.05, 0.1) is 17.5 Å². The first-order chi connectivity index (χ1) is 18.3. The van der Waals surface area contributed by atoms with Crippen molar-refractivity contribution in [2.75, 3.05) is 11.9 Å². The number of fused-ring (bicyclic) bond motifs is 1. The summed E-state index contributed by atoms with van der Waals surface area (Å²) in [6.07, 6.45) is 1.87. The van der Waals surface area contributed by atoms with Crippen molar-refractivity contribution < 1.29 is 24.2 Å². The number of carbonyl (C=O) groups is 2. The van der Waals surface area contributed by atoms with Crippen LogP contribution in [0, 0.1) is 0 Å². The third-order valence-corrected chi connectivity index (χ3v) is 6.70. The first-order valence-corrected chi connectivity index (χ1v) is 12.5. The van der Waals surface area contributed by atoms with Crippen LogP contribution in [0.3, 0.4) is 0 Å². The molecule has 1 aliphatic rings. The molecule has 5 rings (SSSR count). The lowest BCUT2D eigenvalue weighted by Gasteiger charge is -2.25. The Morgan fingerprint density at radius 1 is 1.03 bits per heavy atom. The van der Waals surface area contributed by atoms with Crippen molar-refractivity contribution in [1.82, 2.24) is 9.97 Å². The maximum Gasteiger partial charge on any atom is 0.311 e. The van der Waals surface area contributed by atoms with Crippen molar-refractivity contribution in [2.24, 2.45) is 0 Å². The van der Waals surface area contributed by atoms with E-state index in [1.807, 2.05) is 0 Å². The zero-order valence-corrected chi connectivity index (χ0v) is 21.7. The SMILES string of the molecule is O=C(Nc1ccnc(-c2ccc(Cl)cc2)n1)c1ccc(Oc2c(Cl)cc3c(c2Cl)OCCC3C(=O)O)cc1. The zero-order chi connectivity index (χ0) is 26.8. The van der Waals surface area contributed by atoms with Crippen LogP contribution in [0.4, 0.5) is 5.82 Å². The number of aliphatic carboxylic acids is 1. The van der Waals surface area contributed by atoms with Crippen molar-refractivity contribution in [3.05, 3.63) is 93.1 Å². The summed E-state index contributed by atoms with van der Waals surface area (Å²) in [5, 5.41) is 13.1. The van der Waals surface area contributed by atoms with Gasteiger partial charge < -0.3 is 19.9 Å². The number of halogens is 3. The molecule has 1 atom stereocenters. The quantitative estimate of drug-likeness (QED) is 0.254. The number of carboxylic acid groups (broad SMARTS) is 1. The number of rotatable bonds is 6. The number of anilines is 1. The lowest BCUT2D eigenvalue weighted by molar-refractivity contribution is -0.139. The topological polar surface area (TPSA) is 111 Å². The van der Waals surface area contributed by atoms with Crippen LogP contribution in [-0.4, -0.2) is 33.6 Å². The van der Waals surface area contributed by atoms with E-state index in [1.54, 1.807) is 60.8 Å². The minimum Gasteiger partial charge on any atom is -0.492 e. The van der Waals surface area contributed by atoms with Crippen molar-refractivity contribution in [2.45, 2.75) is 12.3 Å². The molecular weight excluding hydrogens is 553 g/mol. The zero-order valence-electron chi connectivity index (χ0n) is 19.5. The fraction of sp³-hybridized carbons (Fsp3) is 0.111. The highest BCUT2D eigenvalue weighted by molar-refractivity contribution is 6.38. The number of ether oxygens (including phenoxy) is 2. The Balaban J connectivity index is 1.31. The fourth-order valence-electron chi connectivity index (χ4n) is 3.94. The van der Waals surface area contributed by atoms with Crippen LogP contribution in [0.25, 0.3) is 11.4 Å². The minimum absolute atomic E-state index is 0.0838. The highest BCUT2D eigenvalue weighted by atomic mass is 35.5. The first kappa shape index (κ1) is 25.8. The van der Waals surface area contributed by atoms with Crippen molar-refractivity contribution >= 4 is 52.5 Å². The van der Waals surface area contributed by atoms with Gasteiger partial charge in [0.15, 0.2) is 11.6 Å². The molecule has 0 spiro atoms. The first-order valence-electron chi connectivity index (χ1n) is 11.4. The third kappa shape index (κ3) is 5.38. The average Bonchev–Trinajstić information content (AvgIpc) is 2.91. The van der Waals surface area contributed by atoms with Crippen LogP contribution >= 0.6 is 34.8 Å². The molecule has 0 fully saturated rings. The number of hydrogen-bond donors (Lipinski definition) is 2. The van der Waals surface area contributed by atoms with Crippen LogP contribution in [0.1, 0.15) is 28.3 Å². The van der Waals surface area contributed by atoms with Crippen LogP contribution in [0.15, 0.2) is 66.9 Å². The number of hydrogen-bond acceptors (Lipinski definition) is 6. The molecule has 0 radical (unpaired) electrons. The van der Waals surface area contributed by atoms with E-state index in [2.05, 4.69) is 15.3 Å². The molecule has 4 aromatic rings. The Hall–Kier alpha value is -3.85. The molecule has 11 heteroatoms. The summed E-state index contributed by atoms with van der Waals surface area (Å²) in [6.45, 7) is 0.210. The van der Waals surface area contributed by atoms with E-state index >= 15 is 0 Å². The van der Waals surface area contributed by atoms with Gasteiger partial charge in [0.2, 0.25) is 0 Å². The number of nitrogens with one attached hydrogen (secondary N) is 1. The molecule has 8 nitrogen and oxygen atoms in total. The molecule has 192 valence electrons. The van der Waals surface area contributed by atoms with Gasteiger partial charge in [-0.25, -0.2) is 9.97 Å². The average molecular weight is 571 g/mol. The summed E-state index contributed by atoms with van der Waals surface area (Å²) in [5.74, 6) is -0.610. The van der Waals surface area contributed by atoms with Gasteiger partial charge >= 0.3 is 5.97 Å². The van der Waals surface area contributed by atoms with Crippen LogP contribution in [-0.2, 0) is 4.79 Å². The fourth-order valence-corrected chi connectivity index (χ4v) is 4.67. The Labute approximate surface area is 232 Å². The second kappa shape index (κ2) is 10.9. The molecule has 3 aromatic carbocycles. The van der Waals surface area contributed by atoms with E-state index in [4.69, 9.17) is 44.3 Å². The summed E-state index contributed by atoms with van der Waals surface area (Å²) in [6, 6.07) is 16.5. The summed E-state index contributed by atoms with van der Waals surface area (Å²) < 4.78 is 11.5. The van der Waals surface area contributed by atoms with E-state index in [0.29, 0.717) is 40.0 Å². The minimum atomic E-state index is -0.979. The predicted octanol–water partition coefficient (Wildman–Crippen LogP) is 7.10. The smallest absolute Gasteiger partial charge is 0.311 e. The maximum absolute atomic E-state index is 12.8. The van der Waals surface area contributed by atoms with E-state index in [9.17, 15) is 14.7 Å². The van der Waals surface area contributed by atoms with E-state index in [-0.39, 0.29) is 34.1 Å². The highest BCUT2D eigenvalue weighted by Gasteiger charge is 2.32. The molecule has 1 aromatic heterocycles. The van der Waals surface area contributed by atoms with Gasteiger partial charge in [0, 0.05) is 27.9 Å². The standard InChI is InChI=1S/C27H18Cl3N3O5/c28-16-5-1-14(2-6-16)25-31-11-9-21(32-25)33-26(34)15-3-7-17(8-4-15)38-24-20(29)13-19-18(27(35)36)10-12-37-23(19)22(24)30/h1-9,11,13,18H,10,12H2,(H,35,36)(H,31,32,33,34). The largest absolute Gasteiger partial charge is 0.492 e. The molecule has 38 heavy (non-hydrogen) atoms. The number of carboxylic acids is 1. The number of carbonyl (C=O) groups excluding carboxylic acids is 1. The normalized spacial score (nSPS) is 14.2. The predicted molar refractivity (Wildman–Crippen MR) is 144 cm³/mol. The van der Waals surface area contributed by atoms with Gasteiger partial charge in [-0.2, -0.15) is 0 Å². The van der Waals surface area contributed by atoms with Gasteiger partial charge in [-0.1, -0.05) is 34.8 Å². The second-order valence-electron chi connectivity index (χ2n) is 8.30. The number of aromatic nitrogens is 2. The van der Waals surface area contributed by atoms with Crippen molar-refractivity contribution in [1.29, 1.82) is 0 Å². The van der Waals surface area contributed by atoms with E-state index < -0.39 is 11.9 Å². The van der Waals surface area contributed by atoms with Gasteiger partial charge in [0.1, 0.15) is 22.3 Å². The molecule has 0 saturated heterocycles. The number of benzene rings is 3. The molecule has 1 unspecified atom stereocenters. The molecule has 2 N–H and O–H groups in total. The summed E-state index contributed by atoms with van der Waals surface area (Å²) in [5.41, 5.74) is 1.52. The lowest BCUT2D eigenvalue weighted by Crippen LogP contribution is -2.21. The number of nitrogens with zero attached hydrogens (tertiary/aromatic N) is 2. The summed E-state index contributed by atoms with van der Waals surface area (Å²) in [4.78, 5) is 33.0. The van der Waals surface area contributed by atoms with Gasteiger partial charge in [-0.05, 0) is 67.1 Å². The molecule has 1 amide bonds. The highest BCUT2D eigenvalue weighted by Crippen LogP contribution is 2.48. The third-order valence-electron chi connectivity index (χ3n) is 5.82. The molecule has 2 heterocycles. The van der Waals surface area contributed by atoms with Gasteiger partial charge in [-0.15, -0.1) is 0 Å². The Kier molecular flexibility index (Phi) is 7.37. The van der Waals surface area contributed by atoms with Crippen LogP contribution in [0.2, 0.25) is 15.1 Å².